The molecule has 0 bridgehead atoms. The zero-order valence-electron chi connectivity index (χ0n) is 16.0. The molecule has 150 valence electrons. The largest absolute Gasteiger partial charge is 0.480 e. The molecule has 0 unspecified atom stereocenters. The Morgan fingerprint density at radius 1 is 1.17 bits per heavy atom. The van der Waals surface area contributed by atoms with Crippen molar-refractivity contribution < 1.29 is 14.7 Å². The minimum atomic E-state index is -1.03. The molecule has 5 nitrogen and oxygen atoms in total. The number of rotatable bonds is 7. The van der Waals surface area contributed by atoms with Gasteiger partial charge in [-0.15, -0.1) is 0 Å². The molecule has 4 rings (SSSR count). The van der Waals surface area contributed by atoms with Gasteiger partial charge in [0.1, 0.15) is 6.04 Å². The van der Waals surface area contributed by atoms with E-state index >= 15 is 0 Å². The van der Waals surface area contributed by atoms with Crippen LogP contribution in [0.4, 0.5) is 0 Å². The third kappa shape index (κ3) is 3.90. The molecule has 0 saturated heterocycles. The van der Waals surface area contributed by atoms with Gasteiger partial charge in [-0.3, -0.25) is 4.79 Å². The van der Waals surface area contributed by atoms with Crippen molar-refractivity contribution in [2.75, 3.05) is 5.75 Å². The van der Waals surface area contributed by atoms with Crippen LogP contribution in [-0.2, 0) is 22.4 Å². The summed E-state index contributed by atoms with van der Waals surface area (Å²) >= 11 is 4.42. The van der Waals surface area contributed by atoms with Crippen LogP contribution in [0.3, 0.4) is 0 Å². The smallest absolute Gasteiger partial charge is 0.326 e. The predicted molar refractivity (Wildman–Crippen MR) is 116 cm³/mol. The fourth-order valence-corrected chi connectivity index (χ4v) is 4.82. The molecule has 1 aliphatic rings. The number of amides is 1. The Morgan fingerprint density at radius 2 is 1.93 bits per heavy atom. The topological polar surface area (TPSA) is 82.2 Å². The van der Waals surface area contributed by atoms with Crippen LogP contribution in [-0.4, -0.2) is 33.8 Å². The van der Waals surface area contributed by atoms with Crippen LogP contribution in [0.25, 0.3) is 10.9 Å². The molecule has 1 heterocycles. The number of carboxylic acids is 1. The number of aromatic nitrogens is 1. The predicted octanol–water partition coefficient (Wildman–Crippen LogP) is 3.56. The SMILES string of the molecule is O=C(O)[C@H](Cc1c[nH]c2ccccc12)NC(=O)[C@H](CS)[C@H]1CCc2ccccc21. The number of fused-ring (bicyclic) bond motifs is 2. The Bertz CT molecular complexity index is 1050. The summed E-state index contributed by atoms with van der Waals surface area (Å²) in [5.74, 6) is -1.18. The van der Waals surface area contributed by atoms with Crippen LogP contribution in [0.2, 0.25) is 0 Å². The number of H-pyrrole nitrogens is 1. The summed E-state index contributed by atoms with van der Waals surface area (Å²) in [5.41, 5.74) is 4.28. The Morgan fingerprint density at radius 3 is 2.72 bits per heavy atom. The number of carbonyl (C=O) groups excluding carboxylic acids is 1. The van der Waals surface area contributed by atoms with E-state index in [9.17, 15) is 14.7 Å². The van der Waals surface area contributed by atoms with Crippen molar-refractivity contribution in [3.63, 3.8) is 0 Å². The van der Waals surface area contributed by atoms with Gasteiger partial charge in [-0.25, -0.2) is 4.79 Å². The van der Waals surface area contributed by atoms with Crippen molar-refractivity contribution in [2.24, 2.45) is 5.92 Å². The van der Waals surface area contributed by atoms with Crippen LogP contribution in [0.15, 0.2) is 54.7 Å². The van der Waals surface area contributed by atoms with Crippen LogP contribution in [0, 0.1) is 5.92 Å². The highest BCUT2D eigenvalue weighted by atomic mass is 32.1. The van der Waals surface area contributed by atoms with Gasteiger partial charge in [0.15, 0.2) is 0 Å². The maximum absolute atomic E-state index is 13.0. The van der Waals surface area contributed by atoms with Gasteiger partial charge in [0.05, 0.1) is 5.92 Å². The normalized spacial score (nSPS) is 17.6. The quantitative estimate of drug-likeness (QED) is 0.451. The van der Waals surface area contributed by atoms with Crippen LogP contribution < -0.4 is 5.32 Å². The van der Waals surface area contributed by atoms with Gasteiger partial charge in [0.25, 0.3) is 0 Å². The number of aliphatic carboxylic acids is 1. The van der Waals surface area contributed by atoms with Crippen LogP contribution in [0.5, 0.6) is 0 Å². The summed E-state index contributed by atoms with van der Waals surface area (Å²) in [7, 11) is 0. The molecule has 3 atom stereocenters. The van der Waals surface area contributed by atoms with E-state index in [0.29, 0.717) is 5.75 Å². The van der Waals surface area contributed by atoms with Crippen LogP contribution >= 0.6 is 12.6 Å². The van der Waals surface area contributed by atoms with Crippen molar-refractivity contribution >= 4 is 35.4 Å². The molecule has 6 heteroatoms. The molecule has 3 N–H and O–H groups in total. The lowest BCUT2D eigenvalue weighted by Gasteiger charge is -2.24. The first kappa shape index (κ1) is 19.6. The van der Waals surface area contributed by atoms with Crippen molar-refractivity contribution in [3.8, 4) is 0 Å². The molecule has 0 radical (unpaired) electrons. The third-order valence-corrected chi connectivity index (χ3v) is 6.31. The van der Waals surface area contributed by atoms with E-state index < -0.39 is 12.0 Å². The van der Waals surface area contributed by atoms with Gasteiger partial charge in [-0.1, -0.05) is 42.5 Å². The molecule has 0 fully saturated rings. The lowest BCUT2D eigenvalue weighted by Crippen LogP contribution is -2.46. The van der Waals surface area contributed by atoms with Gasteiger partial charge in [-0.05, 0) is 41.5 Å². The van der Waals surface area contributed by atoms with Crippen molar-refractivity contribution in [2.45, 2.75) is 31.2 Å². The van der Waals surface area contributed by atoms with Crippen molar-refractivity contribution in [1.82, 2.24) is 10.3 Å². The van der Waals surface area contributed by atoms with Gasteiger partial charge in [-0.2, -0.15) is 12.6 Å². The summed E-state index contributed by atoms with van der Waals surface area (Å²) < 4.78 is 0. The summed E-state index contributed by atoms with van der Waals surface area (Å²) in [5, 5.41) is 13.5. The van der Waals surface area contributed by atoms with Crippen molar-refractivity contribution in [3.05, 3.63) is 71.4 Å². The van der Waals surface area contributed by atoms with E-state index in [1.165, 1.54) is 11.1 Å². The number of hydrogen-bond acceptors (Lipinski definition) is 3. The summed E-state index contributed by atoms with van der Waals surface area (Å²) in [4.78, 5) is 28.1. The standard InChI is InChI=1S/C23H24N2O3S/c26-22(19(13-29)18-10-9-14-5-1-2-6-16(14)18)25-21(23(27)28)11-15-12-24-20-8-4-3-7-17(15)20/h1-8,12,18-19,21,24,29H,9-11,13H2,(H,25,26)(H,27,28)/t18-,19+,21-/m0/s1. The van der Waals surface area contributed by atoms with Crippen molar-refractivity contribution in [1.29, 1.82) is 0 Å². The van der Waals surface area contributed by atoms with Crippen LogP contribution in [0.1, 0.15) is 29.0 Å². The first-order valence-electron chi connectivity index (χ1n) is 9.85. The first-order valence-corrected chi connectivity index (χ1v) is 10.5. The number of nitrogens with one attached hydrogen (secondary N) is 2. The van der Waals surface area contributed by atoms with Gasteiger partial charge in [0, 0.05) is 29.3 Å². The average molecular weight is 409 g/mol. The van der Waals surface area contributed by atoms with E-state index in [4.69, 9.17) is 0 Å². The van der Waals surface area contributed by atoms with E-state index in [-0.39, 0.29) is 24.2 Å². The summed E-state index contributed by atoms with van der Waals surface area (Å²) in [6.07, 6.45) is 3.87. The number of aromatic amines is 1. The van der Waals surface area contributed by atoms with E-state index in [2.05, 4.69) is 35.1 Å². The van der Waals surface area contributed by atoms with E-state index in [0.717, 1.165) is 29.3 Å². The number of hydrogen-bond donors (Lipinski definition) is 4. The minimum Gasteiger partial charge on any atom is -0.480 e. The van der Waals surface area contributed by atoms with Gasteiger partial charge >= 0.3 is 5.97 Å². The second-order valence-corrected chi connectivity index (χ2v) is 7.96. The molecule has 0 saturated carbocycles. The molecule has 1 aliphatic carbocycles. The Balaban J connectivity index is 1.52. The third-order valence-electron chi connectivity index (χ3n) is 5.91. The van der Waals surface area contributed by atoms with E-state index in [1.807, 2.05) is 42.6 Å². The molecule has 2 aromatic carbocycles. The van der Waals surface area contributed by atoms with E-state index in [1.54, 1.807) is 0 Å². The highest BCUT2D eigenvalue weighted by Gasteiger charge is 2.35. The lowest BCUT2D eigenvalue weighted by atomic mass is 9.87. The maximum Gasteiger partial charge on any atom is 0.326 e. The Labute approximate surface area is 174 Å². The zero-order valence-corrected chi connectivity index (χ0v) is 16.9. The molecule has 0 spiro atoms. The Kier molecular flexibility index (Phi) is 5.62. The summed E-state index contributed by atoms with van der Waals surface area (Å²) in [6, 6.07) is 14.9. The first-order chi connectivity index (χ1) is 14.1. The zero-order chi connectivity index (χ0) is 20.4. The lowest BCUT2D eigenvalue weighted by molar-refractivity contribution is -0.142. The van der Waals surface area contributed by atoms with Gasteiger partial charge in [0.2, 0.25) is 5.91 Å². The number of carbonyl (C=O) groups is 2. The second-order valence-electron chi connectivity index (χ2n) is 7.60. The molecule has 1 amide bonds. The molecule has 1 aromatic heterocycles. The average Bonchev–Trinajstić information content (AvgIpc) is 3.33. The fraction of sp³-hybridized carbons (Fsp3) is 0.304. The maximum atomic E-state index is 13.0. The minimum absolute atomic E-state index is 0.0752. The monoisotopic (exact) mass is 408 g/mol. The Hall–Kier alpha value is -2.73. The number of benzene rings is 2. The fourth-order valence-electron chi connectivity index (χ4n) is 4.40. The summed E-state index contributed by atoms with van der Waals surface area (Å²) in [6.45, 7) is 0. The highest BCUT2D eigenvalue weighted by molar-refractivity contribution is 7.80. The molecule has 0 aliphatic heterocycles. The number of para-hydroxylation sites is 1. The number of aryl methyl sites for hydroxylation is 1. The molecular weight excluding hydrogens is 384 g/mol. The molecular formula is C23H24N2O3S. The molecule has 29 heavy (non-hydrogen) atoms. The number of carboxylic acid groups (broad SMARTS) is 1. The number of thiol groups is 1. The second kappa shape index (κ2) is 8.33. The molecule has 3 aromatic rings. The highest BCUT2D eigenvalue weighted by Crippen LogP contribution is 2.39. The van der Waals surface area contributed by atoms with Gasteiger partial charge < -0.3 is 15.4 Å².